The maximum Gasteiger partial charge on any atom is 0.255 e. The number of pyridine rings is 1. The van der Waals surface area contributed by atoms with Crippen molar-refractivity contribution >= 4 is 11.6 Å². The maximum atomic E-state index is 12.3. The highest BCUT2D eigenvalue weighted by molar-refractivity contribution is 6.04. The van der Waals surface area contributed by atoms with Crippen LogP contribution in [0.15, 0.2) is 36.5 Å². The first-order valence-corrected chi connectivity index (χ1v) is 6.54. The summed E-state index contributed by atoms with van der Waals surface area (Å²) in [5, 5.41) is 11.6. The zero-order valence-electron chi connectivity index (χ0n) is 12.0. The van der Waals surface area contributed by atoms with Gasteiger partial charge in [-0.05, 0) is 49.7 Å². The van der Waals surface area contributed by atoms with Crippen molar-refractivity contribution < 1.29 is 9.90 Å². The number of benzene rings is 1. The molecule has 1 heterocycles. The summed E-state index contributed by atoms with van der Waals surface area (Å²) in [7, 11) is 0. The molecule has 1 amide bonds. The summed E-state index contributed by atoms with van der Waals surface area (Å²) < 4.78 is 0. The second-order valence-electron chi connectivity index (χ2n) is 4.69. The van der Waals surface area contributed by atoms with Gasteiger partial charge in [-0.2, -0.15) is 0 Å². The molecule has 1 aromatic heterocycles. The summed E-state index contributed by atoms with van der Waals surface area (Å²) >= 11 is 0. The van der Waals surface area contributed by atoms with Crippen LogP contribution in [-0.2, 0) is 0 Å². The number of rotatable bonds is 2. The Morgan fingerprint density at radius 3 is 2.81 bits per heavy atom. The minimum absolute atomic E-state index is 0.198. The molecule has 106 valence electrons. The van der Waals surface area contributed by atoms with Gasteiger partial charge in [0.05, 0.1) is 0 Å². The lowest BCUT2D eigenvalue weighted by molar-refractivity contribution is 0.102. The number of hydrogen-bond donors (Lipinski definition) is 2. The third kappa shape index (κ3) is 4.16. The van der Waals surface area contributed by atoms with Gasteiger partial charge < -0.3 is 10.4 Å². The van der Waals surface area contributed by atoms with E-state index in [1.54, 1.807) is 30.5 Å². The Balaban J connectivity index is 2.24. The lowest BCUT2D eigenvalue weighted by Crippen LogP contribution is -2.12. The monoisotopic (exact) mass is 280 g/mol. The molecule has 4 heteroatoms. The van der Waals surface area contributed by atoms with E-state index in [9.17, 15) is 4.79 Å². The predicted octanol–water partition coefficient (Wildman–Crippen LogP) is 2.29. The third-order valence-electron chi connectivity index (χ3n) is 2.81. The number of anilines is 1. The van der Waals surface area contributed by atoms with Crippen LogP contribution in [-0.4, -0.2) is 22.6 Å². The van der Waals surface area contributed by atoms with Crippen LogP contribution in [0, 0.1) is 25.7 Å². The first-order chi connectivity index (χ1) is 10.1. The Kier molecular flexibility index (Phi) is 4.70. The van der Waals surface area contributed by atoms with Crippen molar-refractivity contribution in [3.8, 4) is 11.8 Å². The van der Waals surface area contributed by atoms with Crippen LogP contribution in [0.2, 0.25) is 0 Å². The van der Waals surface area contributed by atoms with E-state index in [0.29, 0.717) is 16.8 Å². The number of aromatic nitrogens is 1. The molecule has 0 saturated heterocycles. The number of carbonyl (C=O) groups is 1. The van der Waals surface area contributed by atoms with Gasteiger partial charge in [0, 0.05) is 28.7 Å². The maximum absolute atomic E-state index is 12.3. The summed E-state index contributed by atoms with van der Waals surface area (Å²) in [6.45, 7) is 3.56. The van der Waals surface area contributed by atoms with Crippen LogP contribution in [0.25, 0.3) is 0 Å². The molecule has 0 unspecified atom stereocenters. The molecule has 0 aliphatic carbocycles. The van der Waals surface area contributed by atoms with Crippen molar-refractivity contribution in [2.24, 2.45) is 0 Å². The number of nitrogens with zero attached hydrogens (tertiary/aromatic N) is 1. The van der Waals surface area contributed by atoms with Crippen LogP contribution < -0.4 is 5.32 Å². The molecule has 2 aromatic rings. The van der Waals surface area contributed by atoms with E-state index in [4.69, 9.17) is 5.11 Å². The van der Waals surface area contributed by atoms with Gasteiger partial charge >= 0.3 is 0 Å². The molecule has 0 radical (unpaired) electrons. The molecule has 0 atom stereocenters. The Morgan fingerprint density at radius 1 is 1.29 bits per heavy atom. The molecule has 2 rings (SSSR count). The average molecular weight is 280 g/mol. The van der Waals surface area contributed by atoms with Crippen LogP contribution in [0.4, 0.5) is 5.69 Å². The smallest absolute Gasteiger partial charge is 0.255 e. The van der Waals surface area contributed by atoms with E-state index >= 15 is 0 Å². The molecule has 0 saturated carbocycles. The van der Waals surface area contributed by atoms with E-state index in [2.05, 4.69) is 22.1 Å². The van der Waals surface area contributed by atoms with E-state index in [1.165, 1.54) is 0 Å². The van der Waals surface area contributed by atoms with Crippen LogP contribution in [0.1, 0.15) is 27.2 Å². The van der Waals surface area contributed by atoms with Gasteiger partial charge in [0.15, 0.2) is 0 Å². The SMILES string of the molecule is Cc1cc(C#CCO)cc(C(=O)Nc2ccnc(C)c2)c1. The molecule has 0 fully saturated rings. The van der Waals surface area contributed by atoms with Gasteiger partial charge in [-0.15, -0.1) is 0 Å². The minimum atomic E-state index is -0.203. The van der Waals surface area contributed by atoms with Crippen molar-refractivity contribution in [2.45, 2.75) is 13.8 Å². The van der Waals surface area contributed by atoms with E-state index < -0.39 is 0 Å². The van der Waals surface area contributed by atoms with Crippen LogP contribution >= 0.6 is 0 Å². The van der Waals surface area contributed by atoms with E-state index in [1.807, 2.05) is 19.9 Å². The number of aryl methyl sites for hydroxylation is 2. The summed E-state index contributed by atoms with van der Waals surface area (Å²) in [6, 6.07) is 8.93. The first kappa shape index (κ1) is 14.8. The molecule has 0 aliphatic heterocycles. The Labute approximate surface area is 123 Å². The van der Waals surface area contributed by atoms with Gasteiger partial charge in [0.2, 0.25) is 0 Å². The van der Waals surface area contributed by atoms with Crippen molar-refractivity contribution in [3.05, 3.63) is 58.9 Å². The number of carbonyl (C=O) groups excluding carboxylic acids is 1. The summed E-state index contributed by atoms with van der Waals surface area (Å²) in [5.74, 6) is 5.20. The molecule has 0 bridgehead atoms. The van der Waals surface area contributed by atoms with E-state index in [-0.39, 0.29) is 12.5 Å². The van der Waals surface area contributed by atoms with Gasteiger partial charge in [0.25, 0.3) is 5.91 Å². The predicted molar refractivity (Wildman–Crippen MR) is 82.1 cm³/mol. The summed E-state index contributed by atoms with van der Waals surface area (Å²) in [5.41, 5.74) is 3.73. The highest BCUT2D eigenvalue weighted by atomic mass is 16.2. The quantitative estimate of drug-likeness (QED) is 0.830. The fraction of sp³-hybridized carbons (Fsp3) is 0.176. The summed E-state index contributed by atoms with van der Waals surface area (Å²) in [4.78, 5) is 16.4. The zero-order chi connectivity index (χ0) is 15.2. The normalized spacial score (nSPS) is 9.67. The molecule has 21 heavy (non-hydrogen) atoms. The zero-order valence-corrected chi connectivity index (χ0v) is 12.0. The Morgan fingerprint density at radius 2 is 2.10 bits per heavy atom. The van der Waals surface area contributed by atoms with Gasteiger partial charge in [-0.1, -0.05) is 11.8 Å². The standard InChI is InChI=1S/C17H16N2O2/c1-12-8-14(4-3-7-20)11-15(9-12)17(21)19-16-5-6-18-13(2)10-16/h5-6,8-11,20H,7H2,1-2H3,(H,18,19,21). The highest BCUT2D eigenvalue weighted by Gasteiger charge is 2.08. The fourth-order valence-electron chi connectivity index (χ4n) is 1.95. The lowest BCUT2D eigenvalue weighted by Gasteiger charge is -2.07. The average Bonchev–Trinajstić information content (AvgIpc) is 2.44. The number of amides is 1. The van der Waals surface area contributed by atoms with Crippen molar-refractivity contribution in [3.63, 3.8) is 0 Å². The van der Waals surface area contributed by atoms with Gasteiger partial charge in [-0.25, -0.2) is 0 Å². The number of hydrogen-bond acceptors (Lipinski definition) is 3. The number of nitrogens with one attached hydrogen (secondary N) is 1. The largest absolute Gasteiger partial charge is 0.384 e. The van der Waals surface area contributed by atoms with Crippen LogP contribution in [0.5, 0.6) is 0 Å². The minimum Gasteiger partial charge on any atom is -0.384 e. The molecule has 0 aliphatic rings. The highest BCUT2D eigenvalue weighted by Crippen LogP contribution is 2.13. The van der Waals surface area contributed by atoms with Crippen LogP contribution in [0.3, 0.4) is 0 Å². The summed E-state index contributed by atoms with van der Waals surface area (Å²) in [6.07, 6.45) is 1.65. The fourth-order valence-corrected chi connectivity index (χ4v) is 1.95. The second kappa shape index (κ2) is 6.69. The van der Waals surface area contributed by atoms with Crippen molar-refractivity contribution in [1.29, 1.82) is 0 Å². The second-order valence-corrected chi connectivity index (χ2v) is 4.69. The van der Waals surface area contributed by atoms with Gasteiger partial charge in [0.1, 0.15) is 6.61 Å². The molecule has 1 aromatic carbocycles. The molecular formula is C17H16N2O2. The topological polar surface area (TPSA) is 62.2 Å². The van der Waals surface area contributed by atoms with Crippen molar-refractivity contribution in [1.82, 2.24) is 4.98 Å². The molecule has 2 N–H and O–H groups in total. The van der Waals surface area contributed by atoms with E-state index in [0.717, 1.165) is 11.3 Å². The Hall–Kier alpha value is -2.64. The number of aliphatic hydroxyl groups excluding tert-OH is 1. The molecule has 0 spiro atoms. The first-order valence-electron chi connectivity index (χ1n) is 6.54. The van der Waals surface area contributed by atoms with Crippen molar-refractivity contribution in [2.75, 3.05) is 11.9 Å². The number of aliphatic hydroxyl groups is 1. The third-order valence-corrected chi connectivity index (χ3v) is 2.81. The van der Waals surface area contributed by atoms with Gasteiger partial charge in [-0.3, -0.25) is 9.78 Å². The lowest BCUT2D eigenvalue weighted by atomic mass is 10.1. The molecular weight excluding hydrogens is 264 g/mol. The molecule has 4 nitrogen and oxygen atoms in total. The Bertz CT molecular complexity index is 727.